The summed E-state index contributed by atoms with van der Waals surface area (Å²) in [4.78, 5) is 5.79. The third-order valence-electron chi connectivity index (χ3n) is 2.59. The summed E-state index contributed by atoms with van der Waals surface area (Å²) in [6.07, 6.45) is 10.0. The lowest BCUT2D eigenvalue weighted by Crippen LogP contribution is -2.28. The summed E-state index contributed by atoms with van der Waals surface area (Å²) in [7, 11) is 1.78. The van der Waals surface area contributed by atoms with E-state index in [-0.39, 0.29) is 5.92 Å². The maximum absolute atomic E-state index is 5.94. The highest BCUT2D eigenvalue weighted by Crippen LogP contribution is 2.22. The number of hydrogen-bond acceptors (Lipinski definition) is 3. The number of hydrogen-bond donors (Lipinski definition) is 1. The molecule has 0 aromatic carbocycles. The number of likely N-dealkylation sites (N-methyl/N-ethyl adjacent to an activating group) is 1. The van der Waals surface area contributed by atoms with Crippen molar-refractivity contribution in [3.8, 4) is 24.3 Å². The first-order valence-electron chi connectivity index (χ1n) is 5.47. The predicted octanol–water partition coefficient (Wildman–Crippen LogP) is 1.70. The molecule has 1 aliphatic rings. The van der Waals surface area contributed by atoms with Crippen molar-refractivity contribution in [1.82, 2.24) is 4.90 Å². The number of nitrogens with zero attached hydrogens (tertiary/aromatic N) is 2. The van der Waals surface area contributed by atoms with Crippen molar-refractivity contribution in [2.75, 3.05) is 7.05 Å². The number of terminal acetylenes is 1. The van der Waals surface area contributed by atoms with Crippen LogP contribution in [0.1, 0.15) is 20.3 Å². The molecule has 0 radical (unpaired) electrons. The highest BCUT2D eigenvalue weighted by Gasteiger charge is 2.18. The van der Waals surface area contributed by atoms with E-state index >= 15 is 0 Å². The molecule has 1 rings (SSSR count). The van der Waals surface area contributed by atoms with Crippen LogP contribution in [0.25, 0.3) is 0 Å². The molecular formula is C14H17N3. The molecule has 1 unspecified atom stereocenters. The molecule has 1 atom stereocenters. The molecule has 1 heterocycles. The van der Waals surface area contributed by atoms with Gasteiger partial charge in [0.05, 0.1) is 0 Å². The summed E-state index contributed by atoms with van der Waals surface area (Å²) >= 11 is 0. The molecule has 17 heavy (non-hydrogen) atoms. The monoisotopic (exact) mass is 227 g/mol. The summed E-state index contributed by atoms with van der Waals surface area (Å²) in [6, 6.07) is 2.54. The van der Waals surface area contributed by atoms with Gasteiger partial charge in [0.1, 0.15) is 11.5 Å². The van der Waals surface area contributed by atoms with E-state index in [4.69, 9.17) is 12.2 Å². The van der Waals surface area contributed by atoms with Gasteiger partial charge in [-0.1, -0.05) is 25.3 Å². The standard InChI is InChI=1S/C14H17N3/c1-5-8-12-11(3)9-7-10-16-14(15)13(12)17(4)6-2/h2,7,10-11H,9H2,1,3-4H3,(H2,15,16)/b10-7+,13-12?. The molecule has 0 aromatic heterocycles. The molecule has 0 saturated heterocycles. The van der Waals surface area contributed by atoms with Crippen LogP contribution in [0.5, 0.6) is 0 Å². The lowest BCUT2D eigenvalue weighted by molar-refractivity contribution is 0.598. The van der Waals surface area contributed by atoms with E-state index in [0.717, 1.165) is 17.7 Å². The van der Waals surface area contributed by atoms with E-state index in [2.05, 4.69) is 29.8 Å². The minimum atomic E-state index is 0.276. The van der Waals surface area contributed by atoms with Crippen LogP contribution in [0.15, 0.2) is 28.5 Å². The van der Waals surface area contributed by atoms with E-state index in [9.17, 15) is 0 Å². The Morgan fingerprint density at radius 3 is 2.88 bits per heavy atom. The Morgan fingerprint density at radius 2 is 2.29 bits per heavy atom. The van der Waals surface area contributed by atoms with Crippen LogP contribution < -0.4 is 5.73 Å². The topological polar surface area (TPSA) is 41.6 Å². The average Bonchev–Trinajstić information content (AvgIpc) is 2.31. The van der Waals surface area contributed by atoms with Crippen molar-refractivity contribution < 1.29 is 0 Å². The van der Waals surface area contributed by atoms with Gasteiger partial charge in [0.25, 0.3) is 0 Å². The number of rotatable bonds is 1. The van der Waals surface area contributed by atoms with Crippen molar-refractivity contribution in [2.45, 2.75) is 20.3 Å². The molecule has 1 aliphatic heterocycles. The zero-order valence-electron chi connectivity index (χ0n) is 10.5. The first-order chi connectivity index (χ1) is 8.11. The molecule has 88 valence electrons. The van der Waals surface area contributed by atoms with Gasteiger partial charge < -0.3 is 10.6 Å². The number of amidine groups is 1. The summed E-state index contributed by atoms with van der Waals surface area (Å²) in [5, 5.41) is 0. The van der Waals surface area contributed by atoms with Crippen molar-refractivity contribution >= 4 is 5.84 Å². The molecule has 0 aliphatic carbocycles. The lowest BCUT2D eigenvalue weighted by Gasteiger charge is -2.22. The van der Waals surface area contributed by atoms with Crippen LogP contribution in [0, 0.1) is 30.2 Å². The van der Waals surface area contributed by atoms with Crippen LogP contribution in [-0.4, -0.2) is 17.8 Å². The minimum Gasteiger partial charge on any atom is -0.382 e. The SMILES string of the molecule is C#CN(C)C1=C(C#CC)C(C)C/C=C/N=C1N. The fourth-order valence-electron chi connectivity index (χ4n) is 1.68. The minimum absolute atomic E-state index is 0.276. The van der Waals surface area contributed by atoms with Gasteiger partial charge in [-0.15, -0.1) is 5.92 Å². The molecule has 2 N–H and O–H groups in total. The zero-order valence-corrected chi connectivity index (χ0v) is 10.5. The van der Waals surface area contributed by atoms with E-state index in [1.807, 2.05) is 6.08 Å². The molecule has 0 spiro atoms. The van der Waals surface area contributed by atoms with Crippen LogP contribution >= 0.6 is 0 Å². The van der Waals surface area contributed by atoms with Gasteiger partial charge in [0.2, 0.25) is 0 Å². The zero-order chi connectivity index (χ0) is 12.8. The molecule has 3 nitrogen and oxygen atoms in total. The Bertz CT molecular complexity index is 478. The number of nitrogens with two attached hydrogens (primary N) is 1. The summed E-state index contributed by atoms with van der Waals surface area (Å²) in [5.41, 5.74) is 7.62. The van der Waals surface area contributed by atoms with Crippen molar-refractivity contribution in [3.05, 3.63) is 23.5 Å². The Hall–Kier alpha value is -2.13. The first kappa shape index (κ1) is 12.9. The van der Waals surface area contributed by atoms with Crippen LogP contribution in [0.3, 0.4) is 0 Å². The van der Waals surface area contributed by atoms with Gasteiger partial charge >= 0.3 is 0 Å². The smallest absolute Gasteiger partial charge is 0.148 e. The molecule has 0 aromatic rings. The van der Waals surface area contributed by atoms with E-state index < -0.39 is 0 Å². The second kappa shape index (κ2) is 5.82. The quantitative estimate of drug-likeness (QED) is 0.547. The van der Waals surface area contributed by atoms with Gasteiger partial charge in [-0.25, -0.2) is 4.99 Å². The highest BCUT2D eigenvalue weighted by molar-refractivity contribution is 5.98. The summed E-state index contributed by atoms with van der Waals surface area (Å²) in [5.74, 6) is 6.69. The Morgan fingerprint density at radius 1 is 1.59 bits per heavy atom. The third kappa shape index (κ3) is 2.92. The number of aliphatic imine (C=N–C) groups is 1. The summed E-state index contributed by atoms with van der Waals surface area (Å²) < 4.78 is 0. The molecule has 3 heteroatoms. The predicted molar refractivity (Wildman–Crippen MR) is 71.6 cm³/mol. The fraction of sp³-hybridized carbons (Fsp3) is 0.357. The third-order valence-corrected chi connectivity index (χ3v) is 2.59. The van der Waals surface area contributed by atoms with Gasteiger partial charge in [0.15, 0.2) is 0 Å². The second-order valence-electron chi connectivity index (χ2n) is 3.86. The van der Waals surface area contributed by atoms with Gasteiger partial charge in [-0.05, 0) is 19.3 Å². The number of allylic oxidation sites excluding steroid dienone is 2. The largest absolute Gasteiger partial charge is 0.382 e. The molecule has 0 bridgehead atoms. The summed E-state index contributed by atoms with van der Waals surface area (Å²) in [6.45, 7) is 3.90. The van der Waals surface area contributed by atoms with Crippen LogP contribution in [0.2, 0.25) is 0 Å². The first-order valence-corrected chi connectivity index (χ1v) is 5.47. The van der Waals surface area contributed by atoms with Gasteiger partial charge in [0, 0.05) is 24.9 Å². The average molecular weight is 227 g/mol. The Kier molecular flexibility index (Phi) is 4.43. The van der Waals surface area contributed by atoms with Gasteiger partial charge in [-0.3, -0.25) is 0 Å². The fourth-order valence-corrected chi connectivity index (χ4v) is 1.68. The van der Waals surface area contributed by atoms with E-state index in [0.29, 0.717) is 5.84 Å². The van der Waals surface area contributed by atoms with Crippen molar-refractivity contribution in [1.29, 1.82) is 0 Å². The maximum Gasteiger partial charge on any atom is 0.148 e. The van der Waals surface area contributed by atoms with Crippen LogP contribution in [-0.2, 0) is 0 Å². The lowest BCUT2D eigenvalue weighted by atomic mass is 9.94. The molecule has 0 fully saturated rings. The van der Waals surface area contributed by atoms with Crippen molar-refractivity contribution in [3.63, 3.8) is 0 Å². The highest BCUT2D eigenvalue weighted by atomic mass is 15.1. The van der Waals surface area contributed by atoms with Crippen molar-refractivity contribution in [2.24, 2.45) is 16.6 Å². The molecular weight excluding hydrogens is 210 g/mol. The van der Waals surface area contributed by atoms with E-state index in [1.54, 1.807) is 25.1 Å². The normalized spacial score (nSPS) is 21.3. The van der Waals surface area contributed by atoms with E-state index in [1.165, 1.54) is 0 Å². The molecule has 0 amide bonds. The Labute approximate surface area is 103 Å². The van der Waals surface area contributed by atoms with Gasteiger partial charge in [-0.2, -0.15) is 0 Å². The second-order valence-corrected chi connectivity index (χ2v) is 3.86. The molecule has 0 saturated carbocycles. The van der Waals surface area contributed by atoms with Crippen LogP contribution in [0.4, 0.5) is 0 Å². The Balaban J connectivity index is 3.44. The maximum atomic E-state index is 5.94.